The number of aliphatic hydroxyl groups is 2. The Labute approximate surface area is 110 Å². The van der Waals surface area contributed by atoms with Crippen LogP contribution in [-0.4, -0.2) is 22.8 Å². The molecule has 2 aromatic carbocycles. The average molecular weight is 258 g/mol. The number of rotatable bonds is 4. The van der Waals surface area contributed by atoms with E-state index >= 15 is 0 Å². The molecular formula is C15H14O4. The Morgan fingerprint density at radius 2 is 1.47 bits per heavy atom. The molecule has 4 nitrogen and oxygen atoms in total. The Balaban J connectivity index is 2.01. The zero-order chi connectivity index (χ0) is 13.7. The van der Waals surface area contributed by atoms with Crippen LogP contribution in [0.5, 0.6) is 0 Å². The number of hydrogen-bond acceptors (Lipinski definition) is 4. The molecule has 0 amide bonds. The summed E-state index contributed by atoms with van der Waals surface area (Å²) in [6.07, 6.45) is 0. The zero-order valence-corrected chi connectivity index (χ0v) is 10.2. The number of carbonyl (C=O) groups excluding carboxylic acids is 1. The van der Waals surface area contributed by atoms with Gasteiger partial charge in [-0.1, -0.05) is 48.5 Å². The monoisotopic (exact) mass is 258 g/mol. The van der Waals surface area contributed by atoms with Gasteiger partial charge in [-0.3, -0.25) is 0 Å². The Hall–Kier alpha value is -2.17. The molecule has 0 saturated carbocycles. The lowest BCUT2D eigenvalue weighted by Crippen LogP contribution is -2.32. The van der Waals surface area contributed by atoms with Crippen molar-refractivity contribution in [2.75, 3.05) is 6.61 Å². The van der Waals surface area contributed by atoms with Crippen LogP contribution < -0.4 is 0 Å². The van der Waals surface area contributed by atoms with Crippen molar-refractivity contribution in [3.63, 3.8) is 0 Å². The fourth-order valence-corrected chi connectivity index (χ4v) is 1.61. The Morgan fingerprint density at radius 3 is 2.05 bits per heavy atom. The summed E-state index contributed by atoms with van der Waals surface area (Å²) in [5.74, 6) is -2.78. The molecular weight excluding hydrogens is 244 g/mol. The minimum Gasteiger partial charge on any atom is -0.456 e. The summed E-state index contributed by atoms with van der Waals surface area (Å²) in [7, 11) is 0. The summed E-state index contributed by atoms with van der Waals surface area (Å²) in [4.78, 5) is 11.7. The van der Waals surface area contributed by atoms with Crippen LogP contribution in [0, 0.1) is 0 Å². The van der Waals surface area contributed by atoms with Crippen LogP contribution in [0.15, 0.2) is 60.7 Å². The van der Waals surface area contributed by atoms with E-state index in [9.17, 15) is 15.0 Å². The summed E-state index contributed by atoms with van der Waals surface area (Å²) in [5.41, 5.74) is 0.641. The quantitative estimate of drug-likeness (QED) is 0.647. The Morgan fingerprint density at radius 1 is 0.947 bits per heavy atom. The standard InChI is InChI=1S/C15H14O4/c16-14(12-7-3-1-4-8-12)19-11-15(17,18)13-9-5-2-6-10-13/h1-10,17-18H,11H2. The fraction of sp³-hybridized carbons (Fsp3) is 0.133. The molecule has 0 heterocycles. The molecule has 19 heavy (non-hydrogen) atoms. The third kappa shape index (κ3) is 3.40. The SMILES string of the molecule is O=C(OCC(O)(O)c1ccccc1)c1ccccc1. The van der Waals surface area contributed by atoms with Crippen LogP contribution in [0.2, 0.25) is 0 Å². The lowest BCUT2D eigenvalue weighted by molar-refractivity contribution is -0.195. The van der Waals surface area contributed by atoms with E-state index in [-0.39, 0.29) is 5.56 Å². The van der Waals surface area contributed by atoms with Gasteiger partial charge < -0.3 is 14.9 Å². The molecule has 2 N–H and O–H groups in total. The lowest BCUT2D eigenvalue weighted by Gasteiger charge is -2.21. The number of esters is 1. The first-order valence-electron chi connectivity index (χ1n) is 5.82. The Bertz CT molecular complexity index is 535. The first-order valence-corrected chi connectivity index (χ1v) is 5.82. The number of carbonyl (C=O) groups is 1. The van der Waals surface area contributed by atoms with Crippen molar-refractivity contribution < 1.29 is 19.7 Å². The third-order valence-electron chi connectivity index (χ3n) is 2.65. The number of hydrogen-bond donors (Lipinski definition) is 2. The largest absolute Gasteiger partial charge is 0.456 e. The second-order valence-electron chi connectivity index (χ2n) is 4.12. The van der Waals surface area contributed by atoms with Crippen molar-refractivity contribution in [2.45, 2.75) is 5.79 Å². The molecule has 2 aromatic rings. The molecule has 0 fully saturated rings. The summed E-state index contributed by atoms with van der Waals surface area (Å²) in [6.45, 7) is -0.523. The molecule has 2 rings (SSSR count). The highest BCUT2D eigenvalue weighted by atomic mass is 16.6. The molecule has 98 valence electrons. The van der Waals surface area contributed by atoms with Crippen LogP contribution in [-0.2, 0) is 10.5 Å². The molecule has 0 unspecified atom stereocenters. The van der Waals surface area contributed by atoms with Crippen molar-refractivity contribution >= 4 is 5.97 Å². The molecule has 0 aromatic heterocycles. The van der Waals surface area contributed by atoms with Crippen LogP contribution in [0.25, 0.3) is 0 Å². The predicted octanol–water partition coefficient (Wildman–Crippen LogP) is 1.68. The topological polar surface area (TPSA) is 66.8 Å². The minimum atomic E-state index is -2.19. The molecule has 0 spiro atoms. The third-order valence-corrected chi connectivity index (χ3v) is 2.65. The van der Waals surface area contributed by atoms with Crippen molar-refractivity contribution in [3.8, 4) is 0 Å². The van der Waals surface area contributed by atoms with Crippen molar-refractivity contribution in [1.82, 2.24) is 0 Å². The highest BCUT2D eigenvalue weighted by Crippen LogP contribution is 2.18. The maximum atomic E-state index is 11.7. The smallest absolute Gasteiger partial charge is 0.338 e. The normalized spacial score (nSPS) is 11.1. The highest BCUT2D eigenvalue weighted by molar-refractivity contribution is 5.89. The minimum absolute atomic E-state index is 0.274. The number of benzene rings is 2. The van der Waals surface area contributed by atoms with Crippen LogP contribution >= 0.6 is 0 Å². The van der Waals surface area contributed by atoms with Crippen LogP contribution in [0.1, 0.15) is 15.9 Å². The summed E-state index contributed by atoms with van der Waals surface area (Å²) in [5, 5.41) is 19.7. The molecule has 4 heteroatoms. The molecule has 0 aliphatic carbocycles. The van der Waals surface area contributed by atoms with Crippen LogP contribution in [0.4, 0.5) is 0 Å². The van der Waals surface area contributed by atoms with E-state index < -0.39 is 18.4 Å². The molecule has 0 radical (unpaired) electrons. The van der Waals surface area contributed by atoms with Gasteiger partial charge in [-0.05, 0) is 12.1 Å². The zero-order valence-electron chi connectivity index (χ0n) is 10.2. The van der Waals surface area contributed by atoms with Gasteiger partial charge in [0.25, 0.3) is 0 Å². The summed E-state index contributed by atoms with van der Waals surface area (Å²) < 4.78 is 4.91. The van der Waals surface area contributed by atoms with E-state index in [1.165, 1.54) is 0 Å². The van der Waals surface area contributed by atoms with E-state index in [1.54, 1.807) is 60.7 Å². The second kappa shape index (κ2) is 5.65. The van der Waals surface area contributed by atoms with Crippen molar-refractivity contribution in [3.05, 3.63) is 71.8 Å². The van der Waals surface area contributed by atoms with Gasteiger partial charge in [0.1, 0.15) is 6.61 Å². The van der Waals surface area contributed by atoms with Gasteiger partial charge in [-0.2, -0.15) is 0 Å². The lowest BCUT2D eigenvalue weighted by atomic mass is 10.1. The first kappa shape index (κ1) is 13.3. The Kier molecular flexibility index (Phi) is 3.94. The van der Waals surface area contributed by atoms with Gasteiger partial charge in [0.15, 0.2) is 0 Å². The van der Waals surface area contributed by atoms with Gasteiger partial charge in [0.05, 0.1) is 5.56 Å². The molecule has 0 atom stereocenters. The average Bonchev–Trinajstić information content (AvgIpc) is 2.47. The fourth-order valence-electron chi connectivity index (χ4n) is 1.61. The van der Waals surface area contributed by atoms with E-state index in [1.807, 2.05) is 0 Å². The summed E-state index contributed by atoms with van der Waals surface area (Å²) >= 11 is 0. The van der Waals surface area contributed by atoms with Crippen molar-refractivity contribution in [1.29, 1.82) is 0 Å². The maximum absolute atomic E-state index is 11.7. The molecule has 0 bridgehead atoms. The van der Waals surface area contributed by atoms with E-state index in [2.05, 4.69) is 0 Å². The van der Waals surface area contributed by atoms with Gasteiger partial charge in [-0.25, -0.2) is 4.79 Å². The van der Waals surface area contributed by atoms with Crippen LogP contribution in [0.3, 0.4) is 0 Å². The van der Waals surface area contributed by atoms with Crippen molar-refractivity contribution in [2.24, 2.45) is 0 Å². The first-order chi connectivity index (χ1) is 9.09. The van der Waals surface area contributed by atoms with Gasteiger partial charge in [0.2, 0.25) is 5.79 Å². The van der Waals surface area contributed by atoms with Gasteiger partial charge >= 0.3 is 5.97 Å². The number of ether oxygens (including phenoxy) is 1. The second-order valence-corrected chi connectivity index (χ2v) is 4.12. The van der Waals surface area contributed by atoms with E-state index in [0.717, 1.165) is 0 Å². The molecule has 0 aliphatic heterocycles. The van der Waals surface area contributed by atoms with Gasteiger partial charge in [0, 0.05) is 5.56 Å². The summed E-state index contributed by atoms with van der Waals surface area (Å²) in [6, 6.07) is 16.6. The molecule has 0 aliphatic rings. The maximum Gasteiger partial charge on any atom is 0.338 e. The van der Waals surface area contributed by atoms with Gasteiger partial charge in [-0.15, -0.1) is 0 Å². The highest BCUT2D eigenvalue weighted by Gasteiger charge is 2.27. The molecule has 0 saturated heterocycles. The predicted molar refractivity (Wildman–Crippen MR) is 69.3 cm³/mol. The van der Waals surface area contributed by atoms with E-state index in [0.29, 0.717) is 5.56 Å². The van der Waals surface area contributed by atoms with E-state index in [4.69, 9.17) is 4.74 Å².